The molecule has 0 spiro atoms. The fraction of sp³-hybridized carbons (Fsp3) is 0.412. The summed E-state index contributed by atoms with van der Waals surface area (Å²) in [5.74, 6) is 1.47. The van der Waals surface area contributed by atoms with E-state index in [9.17, 15) is 4.79 Å². The number of rotatable bonds is 4. The average molecular weight is 300 g/mol. The van der Waals surface area contributed by atoms with Gasteiger partial charge in [-0.15, -0.1) is 0 Å². The van der Waals surface area contributed by atoms with Crippen LogP contribution in [0.2, 0.25) is 0 Å². The van der Waals surface area contributed by atoms with Crippen LogP contribution in [0.25, 0.3) is 0 Å². The van der Waals surface area contributed by atoms with Gasteiger partial charge in [0.05, 0.1) is 18.9 Å². The molecule has 1 saturated heterocycles. The van der Waals surface area contributed by atoms with Gasteiger partial charge in [0.1, 0.15) is 17.7 Å². The van der Waals surface area contributed by atoms with E-state index in [1.807, 2.05) is 37.3 Å². The molecular weight excluding hydrogens is 280 g/mol. The van der Waals surface area contributed by atoms with Crippen molar-refractivity contribution in [3.8, 4) is 0 Å². The molecule has 0 saturated carbocycles. The Morgan fingerprint density at radius 3 is 2.77 bits per heavy atom. The molecule has 0 N–H and O–H groups in total. The number of carbonyl (C=O) groups excluding carboxylic acids is 1. The minimum absolute atomic E-state index is 0.0630. The Morgan fingerprint density at radius 2 is 2.18 bits per heavy atom. The SMILES string of the molecule is CC1CC(C)C(C(=O)N(Cc2ccco2)c2ccccn2)O1. The summed E-state index contributed by atoms with van der Waals surface area (Å²) in [5, 5.41) is 0. The predicted molar refractivity (Wildman–Crippen MR) is 82.3 cm³/mol. The van der Waals surface area contributed by atoms with E-state index >= 15 is 0 Å². The number of hydrogen-bond donors (Lipinski definition) is 0. The molecule has 116 valence electrons. The number of anilines is 1. The number of carbonyl (C=O) groups is 1. The zero-order valence-corrected chi connectivity index (χ0v) is 12.8. The van der Waals surface area contributed by atoms with Crippen LogP contribution in [0.3, 0.4) is 0 Å². The van der Waals surface area contributed by atoms with Gasteiger partial charge in [-0.25, -0.2) is 4.98 Å². The molecule has 1 aliphatic heterocycles. The van der Waals surface area contributed by atoms with Crippen LogP contribution in [0.5, 0.6) is 0 Å². The van der Waals surface area contributed by atoms with Gasteiger partial charge in [0.2, 0.25) is 0 Å². The largest absolute Gasteiger partial charge is 0.467 e. The van der Waals surface area contributed by atoms with Crippen molar-refractivity contribution in [2.75, 3.05) is 4.90 Å². The second kappa shape index (κ2) is 6.32. The first-order valence-corrected chi connectivity index (χ1v) is 7.55. The number of ether oxygens (including phenoxy) is 1. The van der Waals surface area contributed by atoms with Crippen LogP contribution in [0, 0.1) is 5.92 Å². The monoisotopic (exact) mass is 300 g/mol. The molecule has 0 radical (unpaired) electrons. The molecule has 0 aromatic carbocycles. The van der Waals surface area contributed by atoms with Crippen LogP contribution in [0.4, 0.5) is 5.82 Å². The molecular formula is C17H20N2O3. The van der Waals surface area contributed by atoms with Crippen molar-refractivity contribution in [1.82, 2.24) is 4.98 Å². The molecule has 2 aromatic heterocycles. The van der Waals surface area contributed by atoms with Crippen LogP contribution < -0.4 is 4.90 Å². The second-order valence-corrected chi connectivity index (χ2v) is 5.77. The number of aromatic nitrogens is 1. The van der Waals surface area contributed by atoms with Crippen molar-refractivity contribution >= 4 is 11.7 Å². The predicted octanol–water partition coefficient (Wildman–Crippen LogP) is 3.02. The van der Waals surface area contributed by atoms with Crippen molar-refractivity contribution in [2.24, 2.45) is 5.92 Å². The molecule has 22 heavy (non-hydrogen) atoms. The van der Waals surface area contributed by atoms with Gasteiger partial charge in [-0.2, -0.15) is 0 Å². The molecule has 1 aliphatic rings. The van der Waals surface area contributed by atoms with Gasteiger partial charge in [0.15, 0.2) is 0 Å². The third kappa shape index (κ3) is 3.04. The summed E-state index contributed by atoms with van der Waals surface area (Å²) in [6, 6.07) is 9.18. The molecule has 5 heteroatoms. The Balaban J connectivity index is 1.86. The quantitative estimate of drug-likeness (QED) is 0.871. The van der Waals surface area contributed by atoms with Crippen molar-refractivity contribution in [3.05, 3.63) is 48.6 Å². The molecule has 3 atom stereocenters. The zero-order chi connectivity index (χ0) is 15.5. The standard InChI is InChI=1S/C17H20N2O3/c1-12-10-13(2)22-16(12)17(20)19(11-14-6-5-9-21-14)15-7-3-4-8-18-15/h3-9,12-13,16H,10-11H2,1-2H3. The van der Waals surface area contributed by atoms with Crippen molar-refractivity contribution in [1.29, 1.82) is 0 Å². The lowest BCUT2D eigenvalue weighted by atomic mass is 10.0. The van der Waals surface area contributed by atoms with Crippen molar-refractivity contribution in [2.45, 2.75) is 39.0 Å². The van der Waals surface area contributed by atoms with E-state index in [0.29, 0.717) is 12.4 Å². The van der Waals surface area contributed by atoms with Gasteiger partial charge < -0.3 is 9.15 Å². The summed E-state index contributed by atoms with van der Waals surface area (Å²) < 4.78 is 11.2. The molecule has 0 aliphatic carbocycles. The zero-order valence-electron chi connectivity index (χ0n) is 12.8. The molecule has 3 rings (SSSR count). The molecule has 0 bridgehead atoms. The normalized spacial score (nSPS) is 24.4. The Hall–Kier alpha value is -2.14. The molecule has 5 nitrogen and oxygen atoms in total. The van der Waals surface area contributed by atoms with Crippen LogP contribution in [0.15, 0.2) is 47.2 Å². The Bertz CT molecular complexity index is 612. The van der Waals surface area contributed by atoms with E-state index in [2.05, 4.69) is 11.9 Å². The topological polar surface area (TPSA) is 55.6 Å². The first kappa shape index (κ1) is 14.8. The maximum Gasteiger partial charge on any atom is 0.257 e. The highest BCUT2D eigenvalue weighted by molar-refractivity contribution is 5.96. The third-order valence-corrected chi connectivity index (χ3v) is 3.93. The highest BCUT2D eigenvalue weighted by Gasteiger charge is 2.38. The number of hydrogen-bond acceptors (Lipinski definition) is 4. The highest BCUT2D eigenvalue weighted by Crippen LogP contribution is 2.29. The summed E-state index contributed by atoms with van der Waals surface area (Å²) in [6.45, 7) is 4.40. The van der Waals surface area contributed by atoms with Crippen LogP contribution >= 0.6 is 0 Å². The number of amides is 1. The third-order valence-electron chi connectivity index (χ3n) is 3.93. The van der Waals surface area contributed by atoms with Gasteiger partial charge in [-0.3, -0.25) is 9.69 Å². The highest BCUT2D eigenvalue weighted by atomic mass is 16.5. The Labute approximate surface area is 129 Å². The van der Waals surface area contributed by atoms with E-state index in [4.69, 9.17) is 9.15 Å². The van der Waals surface area contributed by atoms with Gasteiger partial charge >= 0.3 is 0 Å². The summed E-state index contributed by atoms with van der Waals surface area (Å²) in [7, 11) is 0. The summed E-state index contributed by atoms with van der Waals surface area (Å²) in [6.07, 6.45) is 3.87. The van der Waals surface area contributed by atoms with Gasteiger partial charge in [0.25, 0.3) is 5.91 Å². The lowest BCUT2D eigenvalue weighted by Crippen LogP contribution is -2.41. The fourth-order valence-electron chi connectivity index (χ4n) is 2.89. The fourth-order valence-corrected chi connectivity index (χ4v) is 2.89. The van der Waals surface area contributed by atoms with Crippen molar-refractivity contribution < 1.29 is 13.9 Å². The number of furan rings is 1. The Morgan fingerprint density at radius 1 is 1.32 bits per heavy atom. The lowest BCUT2D eigenvalue weighted by Gasteiger charge is -2.25. The van der Waals surface area contributed by atoms with Gasteiger partial charge in [-0.1, -0.05) is 13.0 Å². The van der Waals surface area contributed by atoms with E-state index < -0.39 is 6.10 Å². The van der Waals surface area contributed by atoms with E-state index in [-0.39, 0.29) is 17.9 Å². The molecule has 1 amide bonds. The molecule has 1 fully saturated rings. The summed E-state index contributed by atoms with van der Waals surface area (Å²) >= 11 is 0. The molecule has 3 unspecified atom stereocenters. The minimum Gasteiger partial charge on any atom is -0.467 e. The van der Waals surface area contributed by atoms with Gasteiger partial charge in [0, 0.05) is 6.20 Å². The number of pyridine rings is 1. The second-order valence-electron chi connectivity index (χ2n) is 5.77. The maximum atomic E-state index is 12.9. The summed E-state index contributed by atoms with van der Waals surface area (Å²) in [4.78, 5) is 18.9. The maximum absolute atomic E-state index is 12.9. The van der Waals surface area contributed by atoms with E-state index in [1.54, 1.807) is 17.4 Å². The van der Waals surface area contributed by atoms with Gasteiger partial charge in [-0.05, 0) is 43.5 Å². The molecule has 3 heterocycles. The van der Waals surface area contributed by atoms with E-state index in [1.165, 1.54) is 0 Å². The lowest BCUT2D eigenvalue weighted by molar-refractivity contribution is -0.130. The van der Waals surface area contributed by atoms with Crippen LogP contribution in [0.1, 0.15) is 26.0 Å². The minimum atomic E-state index is -0.424. The molecule has 2 aromatic rings. The number of nitrogens with zero attached hydrogens (tertiary/aromatic N) is 2. The average Bonchev–Trinajstić information content (AvgIpc) is 3.14. The van der Waals surface area contributed by atoms with Crippen LogP contribution in [-0.4, -0.2) is 23.1 Å². The Kier molecular flexibility index (Phi) is 4.24. The van der Waals surface area contributed by atoms with E-state index in [0.717, 1.165) is 12.2 Å². The first-order chi connectivity index (χ1) is 10.6. The summed E-state index contributed by atoms with van der Waals surface area (Å²) in [5.41, 5.74) is 0. The smallest absolute Gasteiger partial charge is 0.257 e. The van der Waals surface area contributed by atoms with Crippen LogP contribution in [-0.2, 0) is 16.1 Å². The van der Waals surface area contributed by atoms with Crippen molar-refractivity contribution in [3.63, 3.8) is 0 Å². The first-order valence-electron chi connectivity index (χ1n) is 7.55.